The zero-order valence-electron chi connectivity index (χ0n) is 16.4. The second kappa shape index (κ2) is 8.89. The standard InChI is InChI=1S/C21H26N6O2/c28-20-12-16(14-27(20)17-6-2-1-3-7-17)21(29)23-9-8-22-18-13-19(25-15-24-18)26-10-4-5-11-26/h1-3,6-7,13,15-16H,4-5,8-12,14H2,(H,23,29)(H,22,24,25). The van der Waals surface area contributed by atoms with Crippen LogP contribution in [0.1, 0.15) is 19.3 Å². The molecular formula is C21H26N6O2. The van der Waals surface area contributed by atoms with Crippen molar-refractivity contribution in [3.63, 3.8) is 0 Å². The highest BCUT2D eigenvalue weighted by Gasteiger charge is 2.34. The Morgan fingerprint density at radius 3 is 2.69 bits per heavy atom. The third kappa shape index (κ3) is 4.64. The Bertz CT molecular complexity index is 853. The molecule has 1 aromatic heterocycles. The normalized spacial score (nSPS) is 18.9. The summed E-state index contributed by atoms with van der Waals surface area (Å²) in [6, 6.07) is 11.4. The molecule has 2 amide bonds. The molecule has 3 heterocycles. The largest absolute Gasteiger partial charge is 0.368 e. The molecule has 0 spiro atoms. The molecule has 0 bridgehead atoms. The zero-order chi connectivity index (χ0) is 20.1. The van der Waals surface area contributed by atoms with E-state index in [0.717, 1.165) is 30.4 Å². The quantitative estimate of drug-likeness (QED) is 0.694. The van der Waals surface area contributed by atoms with Gasteiger partial charge in [0, 0.05) is 50.9 Å². The number of carbonyl (C=O) groups excluding carboxylic acids is 2. The van der Waals surface area contributed by atoms with Crippen molar-refractivity contribution in [2.45, 2.75) is 19.3 Å². The van der Waals surface area contributed by atoms with Crippen molar-refractivity contribution in [2.24, 2.45) is 5.92 Å². The lowest BCUT2D eigenvalue weighted by Crippen LogP contribution is -2.35. The van der Waals surface area contributed by atoms with E-state index in [0.29, 0.717) is 19.6 Å². The molecule has 8 heteroatoms. The second-order valence-electron chi connectivity index (χ2n) is 7.41. The summed E-state index contributed by atoms with van der Waals surface area (Å²) in [6.45, 7) is 3.52. The van der Waals surface area contributed by atoms with Crippen LogP contribution >= 0.6 is 0 Å². The lowest BCUT2D eigenvalue weighted by atomic mass is 10.1. The smallest absolute Gasteiger partial charge is 0.227 e. The Hall–Kier alpha value is -3.16. The van der Waals surface area contributed by atoms with Gasteiger partial charge in [0.05, 0.1) is 5.92 Å². The van der Waals surface area contributed by atoms with Crippen LogP contribution in [0.15, 0.2) is 42.7 Å². The number of para-hydroxylation sites is 1. The summed E-state index contributed by atoms with van der Waals surface area (Å²) in [4.78, 5) is 37.2. The fourth-order valence-corrected chi connectivity index (χ4v) is 3.82. The Kier molecular flexibility index (Phi) is 5.88. The predicted octanol–water partition coefficient (Wildman–Crippen LogP) is 1.66. The van der Waals surface area contributed by atoms with E-state index in [1.54, 1.807) is 11.2 Å². The van der Waals surface area contributed by atoms with Crippen LogP contribution in [-0.2, 0) is 9.59 Å². The Balaban J connectivity index is 1.22. The van der Waals surface area contributed by atoms with Crippen molar-refractivity contribution in [3.05, 3.63) is 42.7 Å². The van der Waals surface area contributed by atoms with E-state index in [1.807, 2.05) is 36.4 Å². The highest BCUT2D eigenvalue weighted by atomic mass is 16.2. The first-order valence-corrected chi connectivity index (χ1v) is 10.1. The van der Waals surface area contributed by atoms with Gasteiger partial charge in [0.25, 0.3) is 0 Å². The van der Waals surface area contributed by atoms with Crippen LogP contribution in [0.4, 0.5) is 17.3 Å². The van der Waals surface area contributed by atoms with Crippen LogP contribution in [0, 0.1) is 5.92 Å². The molecule has 29 heavy (non-hydrogen) atoms. The summed E-state index contributed by atoms with van der Waals surface area (Å²) >= 11 is 0. The number of aromatic nitrogens is 2. The summed E-state index contributed by atoms with van der Waals surface area (Å²) in [5, 5.41) is 6.15. The topological polar surface area (TPSA) is 90.5 Å². The lowest BCUT2D eigenvalue weighted by molar-refractivity contribution is -0.126. The van der Waals surface area contributed by atoms with Gasteiger partial charge >= 0.3 is 0 Å². The third-order valence-corrected chi connectivity index (χ3v) is 5.38. The van der Waals surface area contributed by atoms with Crippen molar-refractivity contribution in [1.29, 1.82) is 0 Å². The minimum atomic E-state index is -0.316. The maximum absolute atomic E-state index is 12.5. The number of carbonyl (C=O) groups is 2. The first-order chi connectivity index (χ1) is 14.2. The van der Waals surface area contributed by atoms with Gasteiger partial charge in [-0.2, -0.15) is 0 Å². The number of hydrogen-bond acceptors (Lipinski definition) is 6. The molecule has 2 fully saturated rings. The van der Waals surface area contributed by atoms with Crippen molar-refractivity contribution in [3.8, 4) is 0 Å². The van der Waals surface area contributed by atoms with Crippen LogP contribution in [0.25, 0.3) is 0 Å². The van der Waals surface area contributed by atoms with Crippen LogP contribution in [0.2, 0.25) is 0 Å². The van der Waals surface area contributed by atoms with Crippen molar-refractivity contribution in [2.75, 3.05) is 47.8 Å². The number of rotatable bonds is 7. The van der Waals surface area contributed by atoms with E-state index < -0.39 is 0 Å². The number of amides is 2. The molecule has 8 nitrogen and oxygen atoms in total. The molecule has 2 aromatic rings. The molecule has 2 N–H and O–H groups in total. The third-order valence-electron chi connectivity index (χ3n) is 5.38. The minimum Gasteiger partial charge on any atom is -0.368 e. The first kappa shape index (κ1) is 19.2. The minimum absolute atomic E-state index is 0.00935. The number of benzene rings is 1. The molecule has 4 rings (SSSR count). The summed E-state index contributed by atoms with van der Waals surface area (Å²) in [5.41, 5.74) is 0.840. The maximum Gasteiger partial charge on any atom is 0.227 e. The maximum atomic E-state index is 12.5. The number of nitrogens with one attached hydrogen (secondary N) is 2. The molecule has 0 radical (unpaired) electrons. The second-order valence-corrected chi connectivity index (χ2v) is 7.41. The van der Waals surface area contributed by atoms with Gasteiger partial charge < -0.3 is 20.4 Å². The van der Waals surface area contributed by atoms with Crippen molar-refractivity contribution < 1.29 is 9.59 Å². The predicted molar refractivity (Wildman–Crippen MR) is 112 cm³/mol. The summed E-state index contributed by atoms with van der Waals surface area (Å²) in [7, 11) is 0. The van der Waals surface area contributed by atoms with Gasteiger partial charge in [0.1, 0.15) is 18.0 Å². The monoisotopic (exact) mass is 394 g/mol. The van der Waals surface area contributed by atoms with Crippen LogP contribution in [0.5, 0.6) is 0 Å². The first-order valence-electron chi connectivity index (χ1n) is 10.1. The fourth-order valence-electron chi connectivity index (χ4n) is 3.82. The van der Waals surface area contributed by atoms with Gasteiger partial charge in [-0.1, -0.05) is 18.2 Å². The fraction of sp³-hybridized carbons (Fsp3) is 0.429. The van der Waals surface area contributed by atoms with Gasteiger partial charge in [-0.05, 0) is 25.0 Å². The summed E-state index contributed by atoms with van der Waals surface area (Å²) < 4.78 is 0. The van der Waals surface area contributed by atoms with E-state index in [2.05, 4.69) is 25.5 Å². The molecular weight excluding hydrogens is 368 g/mol. The molecule has 1 unspecified atom stereocenters. The molecule has 2 aliphatic heterocycles. The molecule has 2 aliphatic rings. The molecule has 0 saturated carbocycles. The summed E-state index contributed by atoms with van der Waals surface area (Å²) in [6.07, 6.45) is 4.21. The zero-order valence-corrected chi connectivity index (χ0v) is 16.4. The Labute approximate surface area is 170 Å². The van der Waals surface area contributed by atoms with E-state index >= 15 is 0 Å². The Morgan fingerprint density at radius 2 is 1.90 bits per heavy atom. The van der Waals surface area contributed by atoms with Gasteiger partial charge in [-0.3, -0.25) is 9.59 Å². The molecule has 152 valence electrons. The van der Waals surface area contributed by atoms with Crippen molar-refractivity contribution >= 4 is 29.1 Å². The highest BCUT2D eigenvalue weighted by Crippen LogP contribution is 2.24. The molecule has 1 atom stereocenters. The van der Waals surface area contributed by atoms with Crippen LogP contribution < -0.4 is 20.4 Å². The summed E-state index contributed by atoms with van der Waals surface area (Å²) in [5.74, 6) is 1.28. The van der Waals surface area contributed by atoms with Gasteiger partial charge in [0.2, 0.25) is 11.8 Å². The van der Waals surface area contributed by atoms with Crippen LogP contribution in [-0.4, -0.2) is 54.5 Å². The molecule has 2 saturated heterocycles. The average molecular weight is 394 g/mol. The van der Waals surface area contributed by atoms with Gasteiger partial charge in [-0.15, -0.1) is 0 Å². The van der Waals surface area contributed by atoms with Gasteiger partial charge in [-0.25, -0.2) is 9.97 Å². The van der Waals surface area contributed by atoms with E-state index in [9.17, 15) is 9.59 Å². The van der Waals surface area contributed by atoms with E-state index in [-0.39, 0.29) is 24.2 Å². The van der Waals surface area contributed by atoms with E-state index in [1.165, 1.54) is 12.8 Å². The lowest BCUT2D eigenvalue weighted by Gasteiger charge is -2.17. The SMILES string of the molecule is O=C(NCCNc1cc(N2CCCC2)ncn1)C1CC(=O)N(c2ccccc2)C1. The Morgan fingerprint density at radius 1 is 1.10 bits per heavy atom. The van der Waals surface area contributed by atoms with Crippen LogP contribution in [0.3, 0.4) is 0 Å². The van der Waals surface area contributed by atoms with Gasteiger partial charge in [0.15, 0.2) is 0 Å². The van der Waals surface area contributed by atoms with E-state index in [4.69, 9.17) is 0 Å². The molecule has 0 aliphatic carbocycles. The number of nitrogens with zero attached hydrogens (tertiary/aromatic N) is 4. The number of hydrogen-bond donors (Lipinski definition) is 2. The highest BCUT2D eigenvalue weighted by molar-refractivity contribution is 6.00. The average Bonchev–Trinajstić information content (AvgIpc) is 3.42. The van der Waals surface area contributed by atoms with Crippen molar-refractivity contribution in [1.82, 2.24) is 15.3 Å². The number of anilines is 3. The molecule has 1 aromatic carbocycles.